The third-order valence-corrected chi connectivity index (χ3v) is 3.31. The fourth-order valence-corrected chi connectivity index (χ4v) is 2.38. The standard InChI is InChI=1S/C12H19NO5/c1-7-5-8(9(6-7)12(16)17)11(15)13-4-3-10(14)18-2/h7-9H,3-6H2,1-2H3,(H,13,15)(H,16,17)/t7?,8-,9+/m0/s1. The Balaban J connectivity index is 2.45. The first-order valence-electron chi connectivity index (χ1n) is 6.03. The number of carboxylic acids is 1. The van der Waals surface area contributed by atoms with Gasteiger partial charge in [0.1, 0.15) is 0 Å². The zero-order chi connectivity index (χ0) is 13.7. The molecule has 2 N–H and O–H groups in total. The number of amides is 1. The van der Waals surface area contributed by atoms with Crippen LogP contribution in [-0.2, 0) is 19.1 Å². The summed E-state index contributed by atoms with van der Waals surface area (Å²) in [6, 6.07) is 0. The third kappa shape index (κ3) is 3.72. The summed E-state index contributed by atoms with van der Waals surface area (Å²) in [6.45, 7) is 2.13. The summed E-state index contributed by atoms with van der Waals surface area (Å²) < 4.78 is 4.45. The van der Waals surface area contributed by atoms with Crippen LogP contribution in [0.25, 0.3) is 0 Å². The lowest BCUT2D eigenvalue weighted by molar-refractivity contribution is -0.146. The summed E-state index contributed by atoms with van der Waals surface area (Å²) in [5.41, 5.74) is 0. The first-order valence-corrected chi connectivity index (χ1v) is 6.03. The summed E-state index contributed by atoms with van der Waals surface area (Å²) in [7, 11) is 1.28. The molecule has 1 amide bonds. The molecule has 0 saturated heterocycles. The van der Waals surface area contributed by atoms with Crippen LogP contribution in [0.4, 0.5) is 0 Å². The molecule has 1 saturated carbocycles. The van der Waals surface area contributed by atoms with Crippen molar-refractivity contribution in [1.29, 1.82) is 0 Å². The number of ether oxygens (including phenoxy) is 1. The highest BCUT2D eigenvalue weighted by molar-refractivity contribution is 5.85. The van der Waals surface area contributed by atoms with Gasteiger partial charge in [0.25, 0.3) is 0 Å². The lowest BCUT2D eigenvalue weighted by Crippen LogP contribution is -2.36. The smallest absolute Gasteiger partial charge is 0.307 e. The molecule has 0 aromatic rings. The van der Waals surface area contributed by atoms with Gasteiger partial charge in [-0.25, -0.2) is 0 Å². The van der Waals surface area contributed by atoms with Crippen LogP contribution in [-0.4, -0.2) is 36.6 Å². The third-order valence-electron chi connectivity index (χ3n) is 3.31. The number of methoxy groups -OCH3 is 1. The summed E-state index contributed by atoms with van der Waals surface area (Å²) in [4.78, 5) is 33.8. The van der Waals surface area contributed by atoms with Gasteiger partial charge >= 0.3 is 11.9 Å². The van der Waals surface area contributed by atoms with E-state index in [4.69, 9.17) is 5.11 Å². The second kappa shape index (κ2) is 6.37. The number of aliphatic carboxylic acids is 1. The number of hydrogen-bond donors (Lipinski definition) is 2. The van der Waals surface area contributed by atoms with E-state index in [0.29, 0.717) is 12.8 Å². The van der Waals surface area contributed by atoms with Crippen LogP contribution in [0.1, 0.15) is 26.2 Å². The van der Waals surface area contributed by atoms with E-state index in [9.17, 15) is 14.4 Å². The molecule has 0 heterocycles. The van der Waals surface area contributed by atoms with Crippen LogP contribution in [0.15, 0.2) is 0 Å². The van der Waals surface area contributed by atoms with E-state index in [-0.39, 0.29) is 24.8 Å². The Morgan fingerprint density at radius 2 is 1.89 bits per heavy atom. The molecule has 18 heavy (non-hydrogen) atoms. The highest BCUT2D eigenvalue weighted by Gasteiger charge is 2.40. The Hall–Kier alpha value is -1.59. The van der Waals surface area contributed by atoms with Gasteiger partial charge in [-0.1, -0.05) is 6.92 Å². The largest absolute Gasteiger partial charge is 0.481 e. The van der Waals surface area contributed by atoms with E-state index in [0.717, 1.165) is 0 Å². The predicted molar refractivity (Wildman–Crippen MR) is 62.7 cm³/mol. The Morgan fingerprint density at radius 1 is 1.28 bits per heavy atom. The maximum atomic E-state index is 11.8. The SMILES string of the molecule is COC(=O)CCNC(=O)[C@H]1CC(C)C[C@H]1C(=O)O. The monoisotopic (exact) mass is 257 g/mol. The summed E-state index contributed by atoms with van der Waals surface area (Å²) in [6.07, 6.45) is 1.22. The molecule has 0 aliphatic heterocycles. The predicted octanol–water partition coefficient (Wildman–Crippen LogP) is 0.413. The molecule has 3 atom stereocenters. The number of hydrogen-bond acceptors (Lipinski definition) is 4. The summed E-state index contributed by atoms with van der Waals surface area (Å²) >= 11 is 0. The van der Waals surface area contributed by atoms with Crippen molar-refractivity contribution in [3.63, 3.8) is 0 Å². The average Bonchev–Trinajstić information content (AvgIpc) is 2.71. The van der Waals surface area contributed by atoms with Gasteiger partial charge in [-0.3, -0.25) is 14.4 Å². The lowest BCUT2D eigenvalue weighted by atomic mass is 9.95. The zero-order valence-corrected chi connectivity index (χ0v) is 10.6. The maximum Gasteiger partial charge on any atom is 0.307 e. The molecular formula is C12H19NO5. The molecule has 6 heteroatoms. The summed E-state index contributed by atoms with van der Waals surface area (Å²) in [5, 5.41) is 11.6. The van der Waals surface area contributed by atoms with Crippen LogP contribution in [0.3, 0.4) is 0 Å². The van der Waals surface area contributed by atoms with Crippen LogP contribution >= 0.6 is 0 Å². The second-order valence-electron chi connectivity index (χ2n) is 4.74. The van der Waals surface area contributed by atoms with Gasteiger partial charge < -0.3 is 15.2 Å². The minimum absolute atomic E-state index is 0.0995. The number of carbonyl (C=O) groups excluding carboxylic acids is 2. The minimum atomic E-state index is -0.924. The van der Waals surface area contributed by atoms with E-state index in [2.05, 4.69) is 10.1 Å². The van der Waals surface area contributed by atoms with Gasteiger partial charge in [-0.05, 0) is 18.8 Å². The van der Waals surface area contributed by atoms with Gasteiger partial charge in [0.15, 0.2) is 0 Å². The molecule has 1 rings (SSSR count). The molecular weight excluding hydrogens is 238 g/mol. The van der Waals surface area contributed by atoms with Crippen molar-refractivity contribution in [3.8, 4) is 0 Å². The Labute approximate surface area is 106 Å². The quantitative estimate of drug-likeness (QED) is 0.696. The van der Waals surface area contributed by atoms with Crippen molar-refractivity contribution >= 4 is 17.8 Å². The molecule has 6 nitrogen and oxygen atoms in total. The molecule has 1 aliphatic rings. The number of carboxylic acid groups (broad SMARTS) is 1. The fourth-order valence-electron chi connectivity index (χ4n) is 2.38. The molecule has 1 fully saturated rings. The highest BCUT2D eigenvalue weighted by Crippen LogP contribution is 2.36. The minimum Gasteiger partial charge on any atom is -0.481 e. The van der Waals surface area contributed by atoms with Gasteiger partial charge in [0.2, 0.25) is 5.91 Å². The van der Waals surface area contributed by atoms with E-state index in [1.807, 2.05) is 6.92 Å². The lowest BCUT2D eigenvalue weighted by Gasteiger charge is -2.15. The topological polar surface area (TPSA) is 92.7 Å². The first kappa shape index (κ1) is 14.5. The Kier molecular flexibility index (Phi) is 5.12. The van der Waals surface area contributed by atoms with Crippen molar-refractivity contribution in [2.24, 2.45) is 17.8 Å². The normalized spacial score (nSPS) is 26.7. The van der Waals surface area contributed by atoms with Crippen molar-refractivity contribution in [3.05, 3.63) is 0 Å². The van der Waals surface area contributed by atoms with E-state index >= 15 is 0 Å². The number of carbonyl (C=O) groups is 3. The maximum absolute atomic E-state index is 11.8. The van der Waals surface area contributed by atoms with E-state index in [1.165, 1.54) is 7.11 Å². The molecule has 0 aromatic heterocycles. The van der Waals surface area contributed by atoms with Gasteiger partial charge in [0.05, 0.1) is 25.4 Å². The second-order valence-corrected chi connectivity index (χ2v) is 4.74. The van der Waals surface area contributed by atoms with Gasteiger partial charge in [-0.2, -0.15) is 0 Å². The van der Waals surface area contributed by atoms with Crippen molar-refractivity contribution < 1.29 is 24.2 Å². The molecule has 0 spiro atoms. The molecule has 0 bridgehead atoms. The van der Waals surface area contributed by atoms with Crippen molar-refractivity contribution in [1.82, 2.24) is 5.32 Å². The van der Waals surface area contributed by atoms with Crippen LogP contribution in [0.5, 0.6) is 0 Å². The number of nitrogens with one attached hydrogen (secondary N) is 1. The van der Waals surface area contributed by atoms with Gasteiger partial charge in [-0.15, -0.1) is 0 Å². The first-order chi connectivity index (χ1) is 8.45. The van der Waals surface area contributed by atoms with Crippen molar-refractivity contribution in [2.75, 3.05) is 13.7 Å². The molecule has 0 radical (unpaired) electrons. The number of rotatable bonds is 5. The zero-order valence-electron chi connectivity index (χ0n) is 10.6. The fraction of sp³-hybridized carbons (Fsp3) is 0.750. The van der Waals surface area contributed by atoms with Crippen LogP contribution < -0.4 is 5.32 Å². The molecule has 0 aromatic carbocycles. The summed E-state index contributed by atoms with van der Waals surface area (Å²) in [5.74, 6) is -2.47. The van der Waals surface area contributed by atoms with Crippen LogP contribution in [0.2, 0.25) is 0 Å². The number of esters is 1. The molecule has 1 unspecified atom stereocenters. The van der Waals surface area contributed by atoms with Crippen molar-refractivity contribution in [2.45, 2.75) is 26.2 Å². The molecule has 102 valence electrons. The molecule has 1 aliphatic carbocycles. The van der Waals surface area contributed by atoms with Gasteiger partial charge in [0, 0.05) is 6.54 Å². The van der Waals surface area contributed by atoms with Crippen LogP contribution in [0, 0.1) is 17.8 Å². The Morgan fingerprint density at radius 3 is 2.44 bits per heavy atom. The highest BCUT2D eigenvalue weighted by atomic mass is 16.5. The average molecular weight is 257 g/mol. The van der Waals surface area contributed by atoms with E-state index in [1.54, 1.807) is 0 Å². The Bertz CT molecular complexity index is 341. The van der Waals surface area contributed by atoms with E-state index < -0.39 is 23.8 Å².